The highest BCUT2D eigenvalue weighted by Gasteiger charge is 2.52. The second-order valence-corrected chi connectivity index (χ2v) is 6.18. The summed E-state index contributed by atoms with van der Waals surface area (Å²) in [7, 11) is 2.11. The van der Waals surface area contributed by atoms with Crippen molar-refractivity contribution >= 4 is 10.8 Å². The second-order valence-electron chi connectivity index (χ2n) is 6.18. The zero-order valence-electron chi connectivity index (χ0n) is 12.8. The second kappa shape index (κ2) is 5.21. The maximum absolute atomic E-state index is 3.53. The van der Waals surface area contributed by atoms with Crippen LogP contribution in [0.1, 0.15) is 44.6 Å². The Kier molecular flexibility index (Phi) is 3.55. The van der Waals surface area contributed by atoms with E-state index in [-0.39, 0.29) is 0 Å². The van der Waals surface area contributed by atoms with Crippen molar-refractivity contribution in [2.75, 3.05) is 7.05 Å². The van der Waals surface area contributed by atoms with Crippen molar-refractivity contribution in [3.63, 3.8) is 0 Å². The first-order valence-corrected chi connectivity index (χ1v) is 7.91. The minimum atomic E-state index is 0.442. The van der Waals surface area contributed by atoms with Gasteiger partial charge in [0.25, 0.3) is 0 Å². The molecule has 0 spiro atoms. The molecule has 1 fully saturated rings. The third-order valence-corrected chi connectivity index (χ3v) is 5.70. The summed E-state index contributed by atoms with van der Waals surface area (Å²) in [6, 6.07) is 16.4. The number of benzene rings is 2. The Morgan fingerprint density at radius 1 is 1.05 bits per heavy atom. The van der Waals surface area contributed by atoms with Crippen LogP contribution in [0, 0.1) is 5.41 Å². The summed E-state index contributed by atoms with van der Waals surface area (Å²) in [4.78, 5) is 0. The molecule has 0 heterocycles. The fraction of sp³-hybridized carbons (Fsp3) is 0.474. The van der Waals surface area contributed by atoms with Crippen LogP contribution in [-0.4, -0.2) is 13.1 Å². The average molecular weight is 267 g/mol. The Hall–Kier alpha value is -1.34. The predicted octanol–water partition coefficient (Wildman–Crippen LogP) is 4.72. The van der Waals surface area contributed by atoms with Crippen LogP contribution in [0.5, 0.6) is 0 Å². The molecule has 2 atom stereocenters. The van der Waals surface area contributed by atoms with E-state index in [4.69, 9.17) is 0 Å². The summed E-state index contributed by atoms with van der Waals surface area (Å²) in [5.41, 5.74) is 1.97. The number of nitrogens with one attached hydrogen (secondary N) is 1. The standard InChI is InChI=1S/C19H25N/c1-4-19(5-2)17(13-18(19)20-3)16-11-10-14-8-6-7-9-15(14)12-16/h6-12,17-18,20H,4-5,13H2,1-3H3. The molecule has 0 saturated heterocycles. The van der Waals surface area contributed by atoms with E-state index >= 15 is 0 Å². The first-order valence-electron chi connectivity index (χ1n) is 7.91. The molecule has 1 saturated carbocycles. The van der Waals surface area contributed by atoms with Crippen molar-refractivity contribution in [3.05, 3.63) is 48.0 Å². The minimum absolute atomic E-state index is 0.442. The van der Waals surface area contributed by atoms with Crippen LogP contribution in [0.25, 0.3) is 10.8 Å². The lowest BCUT2D eigenvalue weighted by molar-refractivity contribution is 0.0246. The van der Waals surface area contributed by atoms with Crippen molar-refractivity contribution in [2.24, 2.45) is 5.41 Å². The zero-order valence-corrected chi connectivity index (χ0v) is 12.8. The maximum atomic E-state index is 3.53. The van der Waals surface area contributed by atoms with Gasteiger partial charge in [-0.05, 0) is 54.0 Å². The van der Waals surface area contributed by atoms with Gasteiger partial charge in [0.2, 0.25) is 0 Å². The van der Waals surface area contributed by atoms with Gasteiger partial charge in [0, 0.05) is 6.04 Å². The van der Waals surface area contributed by atoms with E-state index in [1.54, 1.807) is 0 Å². The number of rotatable bonds is 4. The monoisotopic (exact) mass is 267 g/mol. The van der Waals surface area contributed by atoms with E-state index < -0.39 is 0 Å². The van der Waals surface area contributed by atoms with E-state index in [1.807, 2.05) is 0 Å². The van der Waals surface area contributed by atoms with Crippen molar-refractivity contribution in [1.82, 2.24) is 5.32 Å². The van der Waals surface area contributed by atoms with Crippen LogP contribution in [0.15, 0.2) is 42.5 Å². The van der Waals surface area contributed by atoms with Crippen molar-refractivity contribution in [2.45, 2.75) is 45.1 Å². The van der Waals surface area contributed by atoms with Crippen molar-refractivity contribution in [3.8, 4) is 0 Å². The summed E-state index contributed by atoms with van der Waals surface area (Å²) in [6.45, 7) is 4.70. The quantitative estimate of drug-likeness (QED) is 0.845. The van der Waals surface area contributed by atoms with Gasteiger partial charge in [0.05, 0.1) is 0 Å². The lowest BCUT2D eigenvalue weighted by Crippen LogP contribution is -2.57. The summed E-state index contributed by atoms with van der Waals surface area (Å²) < 4.78 is 0. The fourth-order valence-corrected chi connectivity index (χ4v) is 4.32. The van der Waals surface area contributed by atoms with Gasteiger partial charge in [-0.1, -0.05) is 56.3 Å². The smallest absolute Gasteiger partial charge is 0.0132 e. The Balaban J connectivity index is 1.98. The van der Waals surface area contributed by atoms with Crippen molar-refractivity contribution < 1.29 is 0 Å². The summed E-state index contributed by atoms with van der Waals surface area (Å²) >= 11 is 0. The lowest BCUT2D eigenvalue weighted by Gasteiger charge is -2.56. The first-order chi connectivity index (χ1) is 9.75. The molecule has 0 bridgehead atoms. The molecule has 1 nitrogen and oxygen atoms in total. The number of hydrogen-bond donors (Lipinski definition) is 1. The van der Waals surface area contributed by atoms with Crippen LogP contribution in [0.2, 0.25) is 0 Å². The highest BCUT2D eigenvalue weighted by molar-refractivity contribution is 5.83. The summed E-state index contributed by atoms with van der Waals surface area (Å²) in [5, 5.41) is 6.25. The van der Waals surface area contributed by atoms with Crippen LogP contribution < -0.4 is 5.32 Å². The molecule has 0 amide bonds. The van der Waals surface area contributed by atoms with Gasteiger partial charge in [-0.2, -0.15) is 0 Å². The highest BCUT2D eigenvalue weighted by atomic mass is 14.9. The Morgan fingerprint density at radius 3 is 2.40 bits per heavy atom. The molecule has 2 aromatic rings. The lowest BCUT2D eigenvalue weighted by atomic mass is 9.52. The van der Waals surface area contributed by atoms with Gasteiger partial charge in [-0.3, -0.25) is 0 Å². The normalized spacial score (nSPS) is 24.6. The zero-order chi connectivity index (χ0) is 14.2. The predicted molar refractivity (Wildman–Crippen MR) is 87.2 cm³/mol. The molecule has 106 valence electrons. The van der Waals surface area contributed by atoms with E-state index in [9.17, 15) is 0 Å². The molecular weight excluding hydrogens is 242 g/mol. The van der Waals surface area contributed by atoms with E-state index in [0.29, 0.717) is 17.4 Å². The summed E-state index contributed by atoms with van der Waals surface area (Å²) in [6.07, 6.45) is 3.79. The number of fused-ring (bicyclic) bond motifs is 1. The summed E-state index contributed by atoms with van der Waals surface area (Å²) in [5.74, 6) is 0.708. The molecule has 2 unspecified atom stereocenters. The Bertz CT molecular complexity index is 597. The molecule has 20 heavy (non-hydrogen) atoms. The third kappa shape index (κ3) is 1.88. The van der Waals surface area contributed by atoms with E-state index in [0.717, 1.165) is 0 Å². The van der Waals surface area contributed by atoms with Gasteiger partial charge >= 0.3 is 0 Å². The van der Waals surface area contributed by atoms with Gasteiger partial charge in [0.15, 0.2) is 0 Å². The first kappa shape index (κ1) is 13.6. The van der Waals surface area contributed by atoms with Crippen LogP contribution in [0.4, 0.5) is 0 Å². The molecule has 1 aliphatic carbocycles. The Morgan fingerprint density at radius 2 is 1.75 bits per heavy atom. The van der Waals surface area contributed by atoms with Gasteiger partial charge < -0.3 is 5.32 Å². The van der Waals surface area contributed by atoms with Gasteiger partial charge in [-0.15, -0.1) is 0 Å². The number of hydrogen-bond acceptors (Lipinski definition) is 1. The maximum Gasteiger partial charge on any atom is 0.0132 e. The molecular formula is C19H25N. The molecule has 1 aliphatic rings. The molecule has 0 aliphatic heterocycles. The molecule has 1 heteroatoms. The molecule has 3 rings (SSSR count). The van der Waals surface area contributed by atoms with Crippen LogP contribution >= 0.6 is 0 Å². The topological polar surface area (TPSA) is 12.0 Å². The molecule has 2 aromatic carbocycles. The third-order valence-electron chi connectivity index (χ3n) is 5.70. The molecule has 0 aromatic heterocycles. The minimum Gasteiger partial charge on any atom is -0.316 e. The van der Waals surface area contributed by atoms with Crippen LogP contribution in [0.3, 0.4) is 0 Å². The fourth-order valence-electron chi connectivity index (χ4n) is 4.32. The molecule has 1 N–H and O–H groups in total. The SMILES string of the molecule is CCC1(CC)C(NC)CC1c1ccc2ccccc2c1. The highest BCUT2D eigenvalue weighted by Crippen LogP contribution is 2.57. The van der Waals surface area contributed by atoms with E-state index in [2.05, 4.69) is 68.7 Å². The van der Waals surface area contributed by atoms with Gasteiger partial charge in [0.1, 0.15) is 0 Å². The van der Waals surface area contributed by atoms with Crippen LogP contribution in [-0.2, 0) is 0 Å². The Labute approximate surface area is 122 Å². The average Bonchev–Trinajstić information content (AvgIpc) is 2.48. The van der Waals surface area contributed by atoms with Crippen molar-refractivity contribution in [1.29, 1.82) is 0 Å². The van der Waals surface area contributed by atoms with E-state index in [1.165, 1.54) is 35.6 Å². The van der Waals surface area contributed by atoms with Gasteiger partial charge in [-0.25, -0.2) is 0 Å². The molecule has 0 radical (unpaired) electrons. The largest absolute Gasteiger partial charge is 0.316 e.